The highest BCUT2D eigenvalue weighted by Crippen LogP contribution is 2.32. The quantitative estimate of drug-likeness (QED) is 0.560. The third kappa shape index (κ3) is 2.33. The Morgan fingerprint density at radius 3 is 2.45 bits per heavy atom. The minimum Gasteiger partial charge on any atom is -0.226 e. The number of halogens is 4. The Balaban J connectivity index is 2.33. The highest BCUT2D eigenvalue weighted by molar-refractivity contribution is 6.41. The first-order valence-corrected chi connectivity index (χ1v) is 6.77. The van der Waals surface area contributed by atoms with E-state index in [0.717, 1.165) is 0 Å². The first-order chi connectivity index (χ1) is 9.56. The lowest BCUT2D eigenvalue weighted by Crippen LogP contribution is -1.94. The van der Waals surface area contributed by atoms with E-state index in [9.17, 15) is 4.39 Å². The van der Waals surface area contributed by atoms with Crippen LogP contribution in [0.1, 0.15) is 0 Å². The van der Waals surface area contributed by atoms with Crippen molar-refractivity contribution in [3.05, 3.63) is 57.4 Å². The van der Waals surface area contributed by atoms with Gasteiger partial charge in [-0.2, -0.15) is 0 Å². The summed E-state index contributed by atoms with van der Waals surface area (Å²) in [6.45, 7) is 0. The average Bonchev–Trinajstić information content (AvgIpc) is 2.40. The Hall–Kier alpha value is -1.42. The van der Waals surface area contributed by atoms with Gasteiger partial charge in [0.2, 0.25) is 0 Å². The van der Waals surface area contributed by atoms with Gasteiger partial charge in [0.05, 0.1) is 16.1 Å². The summed E-state index contributed by atoms with van der Waals surface area (Å²) in [6, 6.07) is 9.38. The zero-order valence-electron chi connectivity index (χ0n) is 9.87. The number of fused-ring (bicyclic) bond motifs is 1. The second-order valence-corrected chi connectivity index (χ2v) is 5.30. The van der Waals surface area contributed by atoms with Gasteiger partial charge in [-0.1, -0.05) is 46.9 Å². The van der Waals surface area contributed by atoms with Crippen LogP contribution in [0.15, 0.2) is 36.4 Å². The number of benzene rings is 2. The summed E-state index contributed by atoms with van der Waals surface area (Å²) < 4.78 is 13.8. The molecule has 2 nitrogen and oxygen atoms in total. The number of hydrogen-bond donors (Lipinski definition) is 0. The van der Waals surface area contributed by atoms with E-state index < -0.39 is 5.82 Å². The van der Waals surface area contributed by atoms with Crippen molar-refractivity contribution in [2.45, 2.75) is 0 Å². The number of hydrogen-bond acceptors (Lipinski definition) is 2. The molecule has 0 saturated heterocycles. The zero-order valence-corrected chi connectivity index (χ0v) is 12.1. The van der Waals surface area contributed by atoms with Crippen LogP contribution in [0.5, 0.6) is 0 Å². The molecule has 3 rings (SSSR count). The molecule has 0 N–H and O–H groups in total. The van der Waals surface area contributed by atoms with Crippen LogP contribution in [0.2, 0.25) is 15.2 Å². The molecule has 1 aromatic heterocycles. The fraction of sp³-hybridized carbons (Fsp3) is 0. The van der Waals surface area contributed by atoms with Crippen molar-refractivity contribution in [2.24, 2.45) is 0 Å². The zero-order chi connectivity index (χ0) is 14.3. The second kappa shape index (κ2) is 5.17. The standard InChI is InChI=1S/C14H6Cl3FN2/c15-7-5-9-12(10(16)6-7)19-14(20-13(9)17)8-3-1-2-4-11(8)18/h1-6H. The molecule has 0 atom stereocenters. The van der Waals surface area contributed by atoms with Crippen molar-refractivity contribution in [1.29, 1.82) is 0 Å². The van der Waals surface area contributed by atoms with Gasteiger partial charge in [-0.15, -0.1) is 0 Å². The van der Waals surface area contributed by atoms with E-state index in [2.05, 4.69) is 9.97 Å². The molecule has 0 unspecified atom stereocenters. The van der Waals surface area contributed by atoms with Crippen LogP contribution in [0, 0.1) is 5.82 Å². The van der Waals surface area contributed by atoms with Crippen molar-refractivity contribution in [3.8, 4) is 11.4 Å². The first-order valence-electron chi connectivity index (χ1n) is 5.63. The highest BCUT2D eigenvalue weighted by Gasteiger charge is 2.13. The Morgan fingerprint density at radius 2 is 1.70 bits per heavy atom. The molecular weight excluding hydrogens is 322 g/mol. The monoisotopic (exact) mass is 326 g/mol. The summed E-state index contributed by atoms with van der Waals surface area (Å²) in [5.74, 6) is -0.238. The lowest BCUT2D eigenvalue weighted by molar-refractivity contribution is 0.630. The van der Waals surface area contributed by atoms with Gasteiger partial charge < -0.3 is 0 Å². The second-order valence-electron chi connectivity index (χ2n) is 4.10. The van der Waals surface area contributed by atoms with Gasteiger partial charge in [-0.05, 0) is 24.3 Å². The minimum absolute atomic E-state index is 0.178. The van der Waals surface area contributed by atoms with Crippen molar-refractivity contribution in [2.75, 3.05) is 0 Å². The van der Waals surface area contributed by atoms with E-state index in [1.807, 2.05) is 0 Å². The number of rotatable bonds is 1. The molecule has 3 aromatic rings. The summed E-state index contributed by atoms with van der Waals surface area (Å²) in [6.07, 6.45) is 0. The van der Waals surface area contributed by atoms with Gasteiger partial charge in [0.15, 0.2) is 5.82 Å². The van der Waals surface area contributed by atoms with E-state index in [4.69, 9.17) is 34.8 Å². The van der Waals surface area contributed by atoms with Crippen LogP contribution >= 0.6 is 34.8 Å². The molecule has 0 aliphatic carbocycles. The van der Waals surface area contributed by atoms with Crippen molar-refractivity contribution < 1.29 is 4.39 Å². The van der Waals surface area contributed by atoms with Crippen LogP contribution in [-0.4, -0.2) is 9.97 Å². The Labute approximate surface area is 129 Å². The predicted molar refractivity (Wildman–Crippen MR) is 80.0 cm³/mol. The Morgan fingerprint density at radius 1 is 0.950 bits per heavy atom. The van der Waals surface area contributed by atoms with E-state index >= 15 is 0 Å². The molecule has 0 amide bonds. The summed E-state index contributed by atoms with van der Waals surface area (Å²) in [5.41, 5.74) is 0.705. The fourth-order valence-electron chi connectivity index (χ4n) is 1.88. The summed E-state index contributed by atoms with van der Waals surface area (Å²) in [7, 11) is 0. The molecule has 0 bridgehead atoms. The van der Waals surface area contributed by atoms with E-state index in [0.29, 0.717) is 20.9 Å². The smallest absolute Gasteiger partial charge is 0.164 e. The Kier molecular flexibility index (Phi) is 3.50. The normalized spacial score (nSPS) is 11.0. The minimum atomic E-state index is -0.423. The molecule has 0 spiro atoms. The van der Waals surface area contributed by atoms with Crippen molar-refractivity contribution >= 4 is 45.7 Å². The predicted octanol–water partition coefficient (Wildman–Crippen LogP) is 5.40. The fourth-order valence-corrected chi connectivity index (χ4v) is 2.64. The van der Waals surface area contributed by atoms with Gasteiger partial charge in [0, 0.05) is 10.4 Å². The SMILES string of the molecule is Fc1ccccc1-c1nc(Cl)c2cc(Cl)cc(Cl)c2n1. The summed E-state index contributed by atoms with van der Waals surface area (Å²) in [4.78, 5) is 8.39. The van der Waals surface area contributed by atoms with Crippen LogP contribution in [0.25, 0.3) is 22.3 Å². The molecule has 0 saturated carbocycles. The van der Waals surface area contributed by atoms with E-state index in [1.54, 1.807) is 30.3 Å². The van der Waals surface area contributed by atoms with Crippen molar-refractivity contribution in [1.82, 2.24) is 9.97 Å². The average molecular weight is 328 g/mol. The first kappa shape index (κ1) is 13.6. The van der Waals surface area contributed by atoms with Crippen LogP contribution in [0.3, 0.4) is 0 Å². The molecular formula is C14H6Cl3FN2. The third-order valence-corrected chi connectivity index (χ3v) is 3.58. The number of nitrogens with zero attached hydrogens (tertiary/aromatic N) is 2. The molecule has 6 heteroatoms. The van der Waals surface area contributed by atoms with Gasteiger partial charge in [0.25, 0.3) is 0 Å². The van der Waals surface area contributed by atoms with Crippen molar-refractivity contribution in [3.63, 3.8) is 0 Å². The van der Waals surface area contributed by atoms with Gasteiger partial charge in [0.1, 0.15) is 11.0 Å². The van der Waals surface area contributed by atoms with Gasteiger partial charge >= 0.3 is 0 Å². The molecule has 20 heavy (non-hydrogen) atoms. The maximum Gasteiger partial charge on any atom is 0.164 e. The van der Waals surface area contributed by atoms with Crippen LogP contribution in [0.4, 0.5) is 4.39 Å². The summed E-state index contributed by atoms with van der Waals surface area (Å²) >= 11 is 18.1. The van der Waals surface area contributed by atoms with E-state index in [1.165, 1.54) is 6.07 Å². The Bertz CT molecular complexity index is 821. The maximum atomic E-state index is 13.8. The highest BCUT2D eigenvalue weighted by atomic mass is 35.5. The molecule has 0 fully saturated rings. The molecule has 0 radical (unpaired) electrons. The largest absolute Gasteiger partial charge is 0.226 e. The lowest BCUT2D eigenvalue weighted by Gasteiger charge is -2.07. The third-order valence-electron chi connectivity index (χ3n) is 2.79. The molecule has 1 heterocycles. The topological polar surface area (TPSA) is 25.8 Å². The van der Waals surface area contributed by atoms with Crippen LogP contribution < -0.4 is 0 Å². The van der Waals surface area contributed by atoms with Crippen LogP contribution in [-0.2, 0) is 0 Å². The summed E-state index contributed by atoms with van der Waals surface area (Å²) in [5, 5.41) is 1.49. The van der Waals surface area contributed by atoms with Gasteiger partial charge in [-0.25, -0.2) is 14.4 Å². The molecule has 0 aliphatic rings. The maximum absolute atomic E-state index is 13.8. The van der Waals surface area contributed by atoms with Gasteiger partial charge in [-0.3, -0.25) is 0 Å². The molecule has 2 aromatic carbocycles. The lowest BCUT2D eigenvalue weighted by atomic mass is 10.2. The molecule has 100 valence electrons. The molecule has 0 aliphatic heterocycles. The number of aromatic nitrogens is 2. The van der Waals surface area contributed by atoms with E-state index in [-0.39, 0.29) is 16.5 Å².